The maximum atomic E-state index is 12.1. The average molecular weight is 292 g/mol. The minimum atomic E-state index is -0.297. The first-order chi connectivity index (χ1) is 10.1. The van der Waals surface area contributed by atoms with Gasteiger partial charge in [-0.15, -0.1) is 0 Å². The molecule has 1 rings (SSSR count). The van der Waals surface area contributed by atoms with Crippen LogP contribution in [0.1, 0.15) is 62.9 Å². The quantitative estimate of drug-likeness (QED) is 0.491. The van der Waals surface area contributed by atoms with Crippen LogP contribution in [-0.2, 0) is 11.2 Å². The number of hydrogen-bond acceptors (Lipinski definition) is 3. The first kappa shape index (κ1) is 17.5. The topological polar surface area (TPSA) is 35.5 Å². The summed E-state index contributed by atoms with van der Waals surface area (Å²) in [5.74, 6) is 1.08. The normalized spacial score (nSPS) is 10.7. The SMILES string of the molecule is CCCc1cccc(C(=O)OCC)c1OCCCC(C)C. The molecule has 21 heavy (non-hydrogen) atoms. The van der Waals surface area contributed by atoms with Gasteiger partial charge in [0, 0.05) is 0 Å². The lowest BCUT2D eigenvalue weighted by atomic mass is 10.0. The lowest BCUT2D eigenvalue weighted by molar-refractivity contribution is 0.0521. The van der Waals surface area contributed by atoms with Crippen molar-refractivity contribution >= 4 is 5.97 Å². The molecule has 118 valence electrons. The Kier molecular flexibility index (Phi) is 7.88. The number of carbonyl (C=O) groups is 1. The van der Waals surface area contributed by atoms with Crippen LogP contribution in [0.3, 0.4) is 0 Å². The van der Waals surface area contributed by atoms with Crippen LogP contribution in [0.15, 0.2) is 18.2 Å². The molecule has 0 heterocycles. The van der Waals surface area contributed by atoms with E-state index >= 15 is 0 Å². The lowest BCUT2D eigenvalue weighted by Gasteiger charge is -2.15. The third-order valence-corrected chi connectivity index (χ3v) is 3.28. The van der Waals surface area contributed by atoms with E-state index in [1.54, 1.807) is 6.07 Å². The Morgan fingerprint density at radius 3 is 2.62 bits per heavy atom. The summed E-state index contributed by atoms with van der Waals surface area (Å²) in [5, 5.41) is 0. The van der Waals surface area contributed by atoms with Gasteiger partial charge in [-0.1, -0.05) is 39.3 Å². The Labute approximate surface area is 128 Å². The van der Waals surface area contributed by atoms with Gasteiger partial charge in [-0.05, 0) is 43.7 Å². The van der Waals surface area contributed by atoms with Crippen LogP contribution < -0.4 is 4.74 Å². The summed E-state index contributed by atoms with van der Waals surface area (Å²) in [6.45, 7) is 9.37. The summed E-state index contributed by atoms with van der Waals surface area (Å²) < 4.78 is 11.1. The number of ether oxygens (including phenoxy) is 2. The van der Waals surface area contributed by atoms with Gasteiger partial charge >= 0.3 is 5.97 Å². The van der Waals surface area contributed by atoms with Crippen LogP contribution in [0.25, 0.3) is 0 Å². The summed E-state index contributed by atoms with van der Waals surface area (Å²) >= 11 is 0. The van der Waals surface area contributed by atoms with E-state index in [0.717, 1.165) is 31.2 Å². The zero-order valence-electron chi connectivity index (χ0n) is 13.8. The van der Waals surface area contributed by atoms with Crippen LogP contribution in [-0.4, -0.2) is 19.2 Å². The molecule has 0 spiro atoms. The molecule has 0 saturated heterocycles. The average Bonchev–Trinajstić information content (AvgIpc) is 2.45. The standard InChI is InChI=1S/C18H28O3/c1-5-9-15-11-7-12-16(18(19)20-6-2)17(15)21-13-8-10-14(3)4/h7,11-12,14H,5-6,8-10,13H2,1-4H3. The Bertz CT molecular complexity index is 438. The van der Waals surface area contributed by atoms with Crippen molar-refractivity contribution in [3.8, 4) is 5.75 Å². The highest BCUT2D eigenvalue weighted by Crippen LogP contribution is 2.26. The molecule has 0 atom stereocenters. The van der Waals surface area contributed by atoms with Crippen molar-refractivity contribution in [3.63, 3.8) is 0 Å². The van der Waals surface area contributed by atoms with E-state index in [-0.39, 0.29) is 5.97 Å². The molecule has 0 aromatic heterocycles. The molecule has 0 saturated carbocycles. The van der Waals surface area contributed by atoms with Crippen molar-refractivity contribution in [3.05, 3.63) is 29.3 Å². The number of para-hydroxylation sites is 1. The number of benzene rings is 1. The third-order valence-electron chi connectivity index (χ3n) is 3.28. The molecule has 0 fully saturated rings. The highest BCUT2D eigenvalue weighted by molar-refractivity contribution is 5.93. The minimum absolute atomic E-state index is 0.297. The van der Waals surface area contributed by atoms with Gasteiger partial charge in [0.25, 0.3) is 0 Å². The molecule has 3 heteroatoms. The molecule has 1 aromatic carbocycles. The van der Waals surface area contributed by atoms with E-state index in [2.05, 4.69) is 20.8 Å². The summed E-state index contributed by atoms with van der Waals surface area (Å²) in [5.41, 5.74) is 1.64. The summed E-state index contributed by atoms with van der Waals surface area (Å²) in [7, 11) is 0. The third kappa shape index (κ3) is 5.78. The van der Waals surface area contributed by atoms with Crippen molar-refractivity contribution < 1.29 is 14.3 Å². The van der Waals surface area contributed by atoms with Crippen LogP contribution in [0, 0.1) is 5.92 Å². The van der Waals surface area contributed by atoms with E-state index < -0.39 is 0 Å². The number of esters is 1. The number of carbonyl (C=O) groups excluding carboxylic acids is 1. The van der Waals surface area contributed by atoms with Gasteiger partial charge in [-0.3, -0.25) is 0 Å². The van der Waals surface area contributed by atoms with E-state index in [9.17, 15) is 4.79 Å². The van der Waals surface area contributed by atoms with Crippen molar-refractivity contribution in [2.75, 3.05) is 13.2 Å². The highest BCUT2D eigenvalue weighted by Gasteiger charge is 2.17. The van der Waals surface area contributed by atoms with Gasteiger partial charge < -0.3 is 9.47 Å². The zero-order valence-corrected chi connectivity index (χ0v) is 13.8. The van der Waals surface area contributed by atoms with Crippen molar-refractivity contribution in [2.45, 2.75) is 53.4 Å². The molecule has 0 N–H and O–H groups in total. The second kappa shape index (κ2) is 9.43. The molecule has 3 nitrogen and oxygen atoms in total. The molecule has 0 bridgehead atoms. The fraction of sp³-hybridized carbons (Fsp3) is 0.611. The van der Waals surface area contributed by atoms with E-state index in [0.29, 0.717) is 30.4 Å². The van der Waals surface area contributed by atoms with Crippen LogP contribution in [0.4, 0.5) is 0 Å². The summed E-state index contributed by atoms with van der Waals surface area (Å²) in [6.07, 6.45) is 4.06. The Hall–Kier alpha value is -1.51. The van der Waals surface area contributed by atoms with Crippen molar-refractivity contribution in [1.82, 2.24) is 0 Å². The first-order valence-electron chi connectivity index (χ1n) is 8.01. The van der Waals surface area contributed by atoms with Gasteiger partial charge in [0.05, 0.1) is 13.2 Å². The van der Waals surface area contributed by atoms with Crippen LogP contribution in [0.2, 0.25) is 0 Å². The maximum absolute atomic E-state index is 12.1. The molecular formula is C18H28O3. The number of aryl methyl sites for hydroxylation is 1. The Balaban J connectivity index is 2.86. The molecule has 0 aliphatic carbocycles. The van der Waals surface area contributed by atoms with Gasteiger partial charge in [0.1, 0.15) is 11.3 Å². The molecule has 0 aliphatic heterocycles. The molecular weight excluding hydrogens is 264 g/mol. The van der Waals surface area contributed by atoms with Crippen LogP contribution >= 0.6 is 0 Å². The van der Waals surface area contributed by atoms with Crippen molar-refractivity contribution in [1.29, 1.82) is 0 Å². The predicted molar refractivity (Wildman–Crippen MR) is 86.0 cm³/mol. The Morgan fingerprint density at radius 1 is 1.24 bits per heavy atom. The summed E-state index contributed by atoms with van der Waals surface area (Å²) in [4.78, 5) is 12.1. The monoisotopic (exact) mass is 292 g/mol. The minimum Gasteiger partial charge on any atom is -0.492 e. The maximum Gasteiger partial charge on any atom is 0.341 e. The van der Waals surface area contributed by atoms with E-state index in [4.69, 9.17) is 9.47 Å². The van der Waals surface area contributed by atoms with E-state index in [1.165, 1.54) is 0 Å². The molecule has 0 unspecified atom stereocenters. The molecule has 1 aromatic rings. The summed E-state index contributed by atoms with van der Waals surface area (Å²) in [6, 6.07) is 5.72. The number of rotatable bonds is 9. The van der Waals surface area contributed by atoms with Gasteiger partial charge in [-0.2, -0.15) is 0 Å². The highest BCUT2D eigenvalue weighted by atomic mass is 16.5. The largest absolute Gasteiger partial charge is 0.492 e. The van der Waals surface area contributed by atoms with Gasteiger partial charge in [-0.25, -0.2) is 4.79 Å². The lowest BCUT2D eigenvalue weighted by Crippen LogP contribution is -2.10. The second-order valence-corrected chi connectivity index (χ2v) is 5.65. The molecule has 0 radical (unpaired) electrons. The van der Waals surface area contributed by atoms with Gasteiger partial charge in [0.2, 0.25) is 0 Å². The van der Waals surface area contributed by atoms with Crippen LogP contribution in [0.5, 0.6) is 5.75 Å². The first-order valence-corrected chi connectivity index (χ1v) is 8.01. The molecule has 0 aliphatic rings. The fourth-order valence-electron chi connectivity index (χ4n) is 2.26. The zero-order chi connectivity index (χ0) is 15.7. The Morgan fingerprint density at radius 2 is 2.00 bits per heavy atom. The van der Waals surface area contributed by atoms with Gasteiger partial charge in [0.15, 0.2) is 0 Å². The van der Waals surface area contributed by atoms with Crippen molar-refractivity contribution in [2.24, 2.45) is 5.92 Å². The number of hydrogen-bond donors (Lipinski definition) is 0. The van der Waals surface area contributed by atoms with E-state index in [1.807, 2.05) is 19.1 Å². The molecule has 0 amide bonds. The second-order valence-electron chi connectivity index (χ2n) is 5.65. The fourth-order valence-corrected chi connectivity index (χ4v) is 2.26. The smallest absolute Gasteiger partial charge is 0.341 e. The predicted octanol–water partition coefficient (Wildman–Crippen LogP) is 4.63.